The first-order valence-electron chi connectivity index (χ1n) is 9.10. The SMILES string of the molecule is CN(C)C(=O)c1ccc(-c2cc(-c3ccccc3)nn2C2CCCC2)s1. The number of rotatable bonds is 4. The van der Waals surface area contributed by atoms with E-state index >= 15 is 0 Å². The molecule has 1 fully saturated rings. The molecule has 26 heavy (non-hydrogen) atoms. The van der Waals surface area contributed by atoms with Crippen LogP contribution in [0.25, 0.3) is 21.8 Å². The minimum atomic E-state index is 0.0523. The Kier molecular flexibility index (Phi) is 4.64. The van der Waals surface area contributed by atoms with Crippen LogP contribution >= 0.6 is 11.3 Å². The van der Waals surface area contributed by atoms with Crippen molar-refractivity contribution in [2.24, 2.45) is 0 Å². The van der Waals surface area contributed by atoms with Crippen molar-refractivity contribution in [2.75, 3.05) is 14.1 Å². The molecule has 4 nitrogen and oxygen atoms in total. The standard InChI is InChI=1S/C21H23N3OS/c1-23(2)21(25)20-13-12-19(26-20)18-14-17(15-8-4-3-5-9-15)22-24(18)16-10-6-7-11-16/h3-5,8-9,12-14,16H,6-7,10-11H2,1-2H3. The highest BCUT2D eigenvalue weighted by Gasteiger charge is 2.23. The zero-order chi connectivity index (χ0) is 18.1. The van der Waals surface area contributed by atoms with Crippen molar-refractivity contribution in [1.29, 1.82) is 0 Å². The molecule has 0 bridgehead atoms. The van der Waals surface area contributed by atoms with Gasteiger partial charge in [-0.3, -0.25) is 9.48 Å². The van der Waals surface area contributed by atoms with Crippen LogP contribution in [0.1, 0.15) is 41.4 Å². The summed E-state index contributed by atoms with van der Waals surface area (Å²) in [5.74, 6) is 0.0523. The number of nitrogens with zero attached hydrogens (tertiary/aromatic N) is 3. The molecule has 1 aliphatic rings. The molecule has 1 amide bonds. The molecule has 0 N–H and O–H groups in total. The maximum atomic E-state index is 12.3. The quantitative estimate of drug-likeness (QED) is 0.645. The molecule has 2 heterocycles. The van der Waals surface area contributed by atoms with E-state index in [1.165, 1.54) is 25.7 Å². The fraction of sp³-hybridized carbons (Fsp3) is 0.333. The largest absolute Gasteiger partial charge is 0.344 e. The summed E-state index contributed by atoms with van der Waals surface area (Å²) < 4.78 is 2.20. The first-order valence-corrected chi connectivity index (χ1v) is 9.92. The van der Waals surface area contributed by atoms with E-state index in [4.69, 9.17) is 5.10 Å². The summed E-state index contributed by atoms with van der Waals surface area (Å²) in [6, 6.07) is 16.9. The lowest BCUT2D eigenvalue weighted by molar-refractivity contribution is 0.0832. The van der Waals surface area contributed by atoms with Crippen molar-refractivity contribution in [3.8, 4) is 21.8 Å². The molecule has 1 aliphatic carbocycles. The van der Waals surface area contributed by atoms with Crippen LogP contribution in [0.2, 0.25) is 0 Å². The van der Waals surface area contributed by atoms with E-state index in [1.54, 1.807) is 30.3 Å². The summed E-state index contributed by atoms with van der Waals surface area (Å²) in [6.45, 7) is 0. The lowest BCUT2D eigenvalue weighted by atomic mass is 10.1. The van der Waals surface area contributed by atoms with Crippen LogP contribution in [0.4, 0.5) is 0 Å². The maximum absolute atomic E-state index is 12.3. The number of hydrogen-bond acceptors (Lipinski definition) is 3. The third-order valence-electron chi connectivity index (χ3n) is 4.95. The Balaban J connectivity index is 1.77. The van der Waals surface area contributed by atoms with Crippen LogP contribution in [0.3, 0.4) is 0 Å². The normalized spacial score (nSPS) is 14.7. The summed E-state index contributed by atoms with van der Waals surface area (Å²) in [6.07, 6.45) is 4.88. The number of carbonyl (C=O) groups is 1. The Hall–Kier alpha value is -2.40. The summed E-state index contributed by atoms with van der Waals surface area (Å²) in [4.78, 5) is 15.8. The molecule has 0 spiro atoms. The molecule has 4 rings (SSSR count). The average molecular weight is 366 g/mol. The molecule has 2 aromatic heterocycles. The molecule has 134 valence electrons. The number of aromatic nitrogens is 2. The molecule has 0 saturated heterocycles. The van der Waals surface area contributed by atoms with E-state index in [0.29, 0.717) is 6.04 Å². The Bertz CT molecular complexity index is 904. The molecule has 0 aliphatic heterocycles. The molecule has 0 unspecified atom stereocenters. The average Bonchev–Trinajstić information content (AvgIpc) is 3.40. The number of benzene rings is 1. The monoisotopic (exact) mass is 365 g/mol. The minimum Gasteiger partial charge on any atom is -0.344 e. The van der Waals surface area contributed by atoms with Gasteiger partial charge in [-0.1, -0.05) is 43.2 Å². The highest BCUT2D eigenvalue weighted by molar-refractivity contribution is 7.17. The maximum Gasteiger partial charge on any atom is 0.263 e. The first-order chi connectivity index (χ1) is 12.6. The third kappa shape index (κ3) is 3.19. The van der Waals surface area contributed by atoms with Crippen LogP contribution in [0.5, 0.6) is 0 Å². The number of amides is 1. The molecule has 1 saturated carbocycles. The van der Waals surface area contributed by atoms with Gasteiger partial charge in [0.15, 0.2) is 0 Å². The van der Waals surface area contributed by atoms with E-state index in [2.05, 4.69) is 28.9 Å². The van der Waals surface area contributed by atoms with Gasteiger partial charge in [0.25, 0.3) is 5.91 Å². The van der Waals surface area contributed by atoms with E-state index in [9.17, 15) is 4.79 Å². The van der Waals surface area contributed by atoms with Crippen LogP contribution < -0.4 is 0 Å². The zero-order valence-corrected chi connectivity index (χ0v) is 16.0. The van der Waals surface area contributed by atoms with Crippen molar-refractivity contribution in [3.05, 3.63) is 53.4 Å². The number of hydrogen-bond donors (Lipinski definition) is 0. The molecule has 0 radical (unpaired) electrons. The molecule has 1 aromatic carbocycles. The van der Waals surface area contributed by atoms with Crippen LogP contribution in [0.15, 0.2) is 48.5 Å². The summed E-state index contributed by atoms with van der Waals surface area (Å²) >= 11 is 1.55. The number of carbonyl (C=O) groups excluding carboxylic acids is 1. The second-order valence-electron chi connectivity index (χ2n) is 7.03. The Morgan fingerprint density at radius 2 is 1.85 bits per heavy atom. The van der Waals surface area contributed by atoms with E-state index in [0.717, 1.165) is 26.7 Å². The van der Waals surface area contributed by atoms with Gasteiger partial charge in [-0.2, -0.15) is 5.10 Å². The minimum absolute atomic E-state index is 0.0523. The molecular formula is C21H23N3OS. The van der Waals surface area contributed by atoms with Crippen molar-refractivity contribution in [3.63, 3.8) is 0 Å². The van der Waals surface area contributed by atoms with Gasteiger partial charge < -0.3 is 4.90 Å². The topological polar surface area (TPSA) is 38.1 Å². The van der Waals surface area contributed by atoms with Crippen molar-refractivity contribution < 1.29 is 4.79 Å². The third-order valence-corrected chi connectivity index (χ3v) is 6.05. The van der Waals surface area contributed by atoms with Gasteiger partial charge in [0, 0.05) is 19.7 Å². The van der Waals surface area contributed by atoms with Crippen molar-refractivity contribution in [2.45, 2.75) is 31.7 Å². The predicted molar refractivity (Wildman–Crippen MR) is 106 cm³/mol. The van der Waals surface area contributed by atoms with E-state index < -0.39 is 0 Å². The highest BCUT2D eigenvalue weighted by Crippen LogP contribution is 2.38. The van der Waals surface area contributed by atoms with Gasteiger partial charge in [-0.25, -0.2) is 0 Å². The Labute approximate surface area is 158 Å². The van der Waals surface area contributed by atoms with E-state index in [1.807, 2.05) is 24.3 Å². The second-order valence-corrected chi connectivity index (χ2v) is 8.11. The fourth-order valence-corrected chi connectivity index (χ4v) is 4.60. The Morgan fingerprint density at radius 1 is 1.12 bits per heavy atom. The van der Waals surface area contributed by atoms with Gasteiger partial charge in [-0.15, -0.1) is 11.3 Å². The van der Waals surface area contributed by atoms with Crippen molar-refractivity contribution >= 4 is 17.2 Å². The fourth-order valence-electron chi connectivity index (χ4n) is 3.57. The summed E-state index contributed by atoms with van der Waals surface area (Å²) in [7, 11) is 3.58. The molecule has 3 aromatic rings. The van der Waals surface area contributed by atoms with Gasteiger partial charge in [0.05, 0.1) is 27.2 Å². The second kappa shape index (κ2) is 7.08. The predicted octanol–water partition coefficient (Wildman–Crippen LogP) is 5.10. The summed E-state index contributed by atoms with van der Waals surface area (Å²) in [5.41, 5.74) is 3.26. The first kappa shape index (κ1) is 17.0. The Morgan fingerprint density at radius 3 is 2.54 bits per heavy atom. The van der Waals surface area contributed by atoms with Gasteiger partial charge >= 0.3 is 0 Å². The van der Waals surface area contributed by atoms with Crippen LogP contribution in [-0.2, 0) is 0 Å². The van der Waals surface area contributed by atoms with Crippen molar-refractivity contribution in [1.82, 2.24) is 14.7 Å². The smallest absolute Gasteiger partial charge is 0.263 e. The lowest BCUT2D eigenvalue weighted by Crippen LogP contribution is -2.20. The van der Waals surface area contributed by atoms with Gasteiger partial charge in [-0.05, 0) is 31.0 Å². The highest BCUT2D eigenvalue weighted by atomic mass is 32.1. The van der Waals surface area contributed by atoms with Gasteiger partial charge in [0.2, 0.25) is 0 Å². The summed E-state index contributed by atoms with van der Waals surface area (Å²) in [5, 5.41) is 4.96. The van der Waals surface area contributed by atoms with Crippen LogP contribution in [0, 0.1) is 0 Å². The van der Waals surface area contributed by atoms with Gasteiger partial charge in [0.1, 0.15) is 0 Å². The number of thiophene rings is 1. The zero-order valence-electron chi connectivity index (χ0n) is 15.2. The lowest BCUT2D eigenvalue weighted by Gasteiger charge is -2.13. The molecule has 0 atom stereocenters. The van der Waals surface area contributed by atoms with E-state index in [-0.39, 0.29) is 5.91 Å². The molecular weight excluding hydrogens is 342 g/mol. The molecule has 5 heteroatoms. The van der Waals surface area contributed by atoms with Crippen LogP contribution in [-0.4, -0.2) is 34.7 Å².